The fourth-order valence-corrected chi connectivity index (χ4v) is 4.83. The number of benzene rings is 1. The van der Waals surface area contributed by atoms with Crippen molar-refractivity contribution in [1.29, 1.82) is 0 Å². The molecule has 2 aliphatic carbocycles. The van der Waals surface area contributed by atoms with Crippen molar-refractivity contribution >= 4 is 28.5 Å². The summed E-state index contributed by atoms with van der Waals surface area (Å²) >= 11 is 1.60. The van der Waals surface area contributed by atoms with Gasteiger partial charge in [-0.3, -0.25) is 9.98 Å². The minimum absolute atomic E-state index is 0.645. The van der Waals surface area contributed by atoms with E-state index in [-0.39, 0.29) is 0 Å². The van der Waals surface area contributed by atoms with Crippen molar-refractivity contribution in [3.8, 4) is 0 Å². The van der Waals surface area contributed by atoms with Gasteiger partial charge in [0, 0.05) is 23.0 Å². The molecule has 3 aliphatic rings. The monoisotopic (exact) mass is 348 g/mol. The molecule has 0 amide bonds. The van der Waals surface area contributed by atoms with Crippen LogP contribution >= 0.6 is 11.8 Å². The number of nitrogens with one attached hydrogen (secondary N) is 1. The van der Waals surface area contributed by atoms with Crippen molar-refractivity contribution in [3.63, 3.8) is 0 Å². The normalized spacial score (nSPS) is 17.9. The van der Waals surface area contributed by atoms with Crippen molar-refractivity contribution < 1.29 is 0 Å². The summed E-state index contributed by atoms with van der Waals surface area (Å²) in [4.78, 5) is 14.5. The van der Waals surface area contributed by atoms with Gasteiger partial charge in [0.2, 0.25) is 0 Å². The summed E-state index contributed by atoms with van der Waals surface area (Å²) in [6.07, 6.45) is 11.0. The van der Waals surface area contributed by atoms with Crippen molar-refractivity contribution in [3.05, 3.63) is 52.8 Å². The summed E-state index contributed by atoms with van der Waals surface area (Å²) in [5, 5.41) is 4.50. The van der Waals surface area contributed by atoms with Gasteiger partial charge in [-0.1, -0.05) is 17.8 Å². The number of amidine groups is 2. The molecule has 1 N–H and O–H groups in total. The van der Waals surface area contributed by atoms with Crippen molar-refractivity contribution in [2.45, 2.75) is 43.4 Å². The van der Waals surface area contributed by atoms with Gasteiger partial charge in [-0.25, -0.2) is 4.99 Å². The van der Waals surface area contributed by atoms with Gasteiger partial charge in [0.25, 0.3) is 0 Å². The molecule has 0 radical (unpaired) electrons. The Hall–Kier alpha value is -2.14. The van der Waals surface area contributed by atoms with Gasteiger partial charge in [-0.05, 0) is 72.9 Å². The second-order valence-electron chi connectivity index (χ2n) is 6.80. The van der Waals surface area contributed by atoms with Crippen LogP contribution in [0.3, 0.4) is 0 Å². The van der Waals surface area contributed by atoms with Gasteiger partial charge in [-0.2, -0.15) is 0 Å². The molecule has 1 aliphatic heterocycles. The molecule has 0 spiro atoms. The highest BCUT2D eigenvalue weighted by molar-refractivity contribution is 8.14. The molecular formula is C20H20N4S. The molecule has 0 unspecified atom stereocenters. The van der Waals surface area contributed by atoms with Crippen LogP contribution in [0.5, 0.6) is 0 Å². The van der Waals surface area contributed by atoms with Crippen LogP contribution in [-0.4, -0.2) is 22.5 Å². The zero-order chi connectivity index (χ0) is 16.6. The zero-order valence-electron chi connectivity index (χ0n) is 14.1. The maximum Gasteiger partial charge on any atom is 0.190 e. The van der Waals surface area contributed by atoms with Crippen molar-refractivity contribution in [2.24, 2.45) is 9.98 Å². The summed E-state index contributed by atoms with van der Waals surface area (Å²) in [5.41, 5.74) is 7.51. The van der Waals surface area contributed by atoms with Gasteiger partial charge >= 0.3 is 0 Å². The van der Waals surface area contributed by atoms with Crippen LogP contribution in [-0.2, 0) is 25.7 Å². The maximum absolute atomic E-state index is 4.73. The second kappa shape index (κ2) is 6.30. The molecule has 1 aromatic carbocycles. The predicted octanol–water partition coefficient (Wildman–Crippen LogP) is 4.03. The van der Waals surface area contributed by atoms with Crippen LogP contribution in [0.4, 0.5) is 5.69 Å². The molecular weight excluding hydrogens is 328 g/mol. The standard InChI is InChI=1S/C20H20N4S/c1-3-13-11-14-4-2-6-17(14)19(16(13)5-1)23-18-12-22-20(24-18)25-15-7-9-21-10-8-15/h7-11H,1-6,12H2,(H,22,23,24). The first-order chi connectivity index (χ1) is 12.4. The van der Waals surface area contributed by atoms with E-state index in [4.69, 9.17) is 4.99 Å². The molecule has 25 heavy (non-hydrogen) atoms. The minimum Gasteiger partial charge on any atom is -0.342 e. The number of hydrogen-bond donors (Lipinski definition) is 1. The maximum atomic E-state index is 4.73. The van der Waals surface area contributed by atoms with Crippen LogP contribution in [0.25, 0.3) is 0 Å². The highest BCUT2D eigenvalue weighted by Crippen LogP contribution is 2.38. The number of aryl methyl sites for hydroxylation is 2. The van der Waals surface area contributed by atoms with Gasteiger partial charge in [0.1, 0.15) is 5.84 Å². The molecule has 2 aromatic rings. The molecule has 5 heteroatoms. The number of nitrogens with zero attached hydrogens (tertiary/aromatic N) is 3. The first-order valence-electron chi connectivity index (χ1n) is 9.00. The van der Waals surface area contributed by atoms with Gasteiger partial charge in [0.05, 0.1) is 6.54 Å². The van der Waals surface area contributed by atoms with Gasteiger partial charge < -0.3 is 5.32 Å². The molecule has 4 nitrogen and oxygen atoms in total. The number of thioether (sulfide) groups is 1. The Bertz CT molecular complexity index is 854. The van der Waals surface area contributed by atoms with E-state index in [1.807, 2.05) is 12.1 Å². The summed E-state index contributed by atoms with van der Waals surface area (Å²) in [6, 6.07) is 6.45. The zero-order valence-corrected chi connectivity index (χ0v) is 14.9. The van der Waals surface area contributed by atoms with Crippen molar-refractivity contribution in [1.82, 2.24) is 4.98 Å². The summed E-state index contributed by atoms with van der Waals surface area (Å²) < 4.78 is 0. The van der Waals surface area contributed by atoms with E-state index >= 15 is 0 Å². The summed E-state index contributed by atoms with van der Waals surface area (Å²) in [7, 11) is 0. The Balaban J connectivity index is 1.40. The van der Waals surface area contributed by atoms with Crippen LogP contribution in [0.1, 0.15) is 35.1 Å². The smallest absolute Gasteiger partial charge is 0.190 e. The Morgan fingerprint density at radius 2 is 1.64 bits per heavy atom. The second-order valence-corrected chi connectivity index (χ2v) is 7.84. The Kier molecular flexibility index (Phi) is 3.82. The SMILES string of the molecule is c1cc(SC2=NCC(Nc3c4c(cc5c3CCC5)CCC4)=N2)ccn1. The molecule has 0 saturated carbocycles. The lowest BCUT2D eigenvalue weighted by molar-refractivity contribution is 0.898. The van der Waals surface area contributed by atoms with Crippen LogP contribution in [0.15, 0.2) is 45.5 Å². The predicted molar refractivity (Wildman–Crippen MR) is 104 cm³/mol. The highest BCUT2D eigenvalue weighted by Gasteiger charge is 2.25. The molecule has 0 fully saturated rings. The van der Waals surface area contributed by atoms with Gasteiger partial charge in [-0.15, -0.1) is 0 Å². The number of aromatic nitrogens is 1. The van der Waals surface area contributed by atoms with Crippen LogP contribution in [0.2, 0.25) is 0 Å². The lowest BCUT2D eigenvalue weighted by Gasteiger charge is -2.16. The van der Waals surface area contributed by atoms with E-state index in [0.717, 1.165) is 15.9 Å². The number of fused-ring (bicyclic) bond motifs is 2. The number of pyridine rings is 1. The lowest BCUT2D eigenvalue weighted by Crippen LogP contribution is -2.16. The van der Waals surface area contributed by atoms with E-state index < -0.39 is 0 Å². The van der Waals surface area contributed by atoms with E-state index in [1.54, 1.807) is 35.3 Å². The number of hydrogen-bond acceptors (Lipinski definition) is 5. The molecule has 0 saturated heterocycles. The summed E-state index contributed by atoms with van der Waals surface area (Å²) in [5.74, 6) is 0.978. The number of aliphatic imine (C=N–C) groups is 2. The van der Waals surface area contributed by atoms with E-state index in [2.05, 4.69) is 21.4 Å². The first-order valence-corrected chi connectivity index (χ1v) is 9.82. The van der Waals surface area contributed by atoms with Crippen LogP contribution in [0, 0.1) is 0 Å². The minimum atomic E-state index is 0.645. The van der Waals surface area contributed by atoms with Gasteiger partial charge in [0.15, 0.2) is 5.17 Å². The molecule has 5 rings (SSSR count). The fourth-order valence-electron chi connectivity index (χ4n) is 4.07. The van der Waals surface area contributed by atoms with Crippen LogP contribution < -0.4 is 5.32 Å². The number of rotatable bonds is 2. The first kappa shape index (κ1) is 15.1. The molecule has 0 bridgehead atoms. The Morgan fingerprint density at radius 3 is 2.36 bits per heavy atom. The molecule has 1 aromatic heterocycles. The quantitative estimate of drug-likeness (QED) is 0.891. The topological polar surface area (TPSA) is 49.6 Å². The third-order valence-corrected chi connectivity index (χ3v) is 6.11. The average Bonchev–Trinajstić information content (AvgIpc) is 3.36. The Labute approximate surface area is 151 Å². The largest absolute Gasteiger partial charge is 0.342 e. The third kappa shape index (κ3) is 2.86. The molecule has 2 heterocycles. The van der Waals surface area contributed by atoms with Crippen molar-refractivity contribution in [2.75, 3.05) is 11.9 Å². The fraction of sp³-hybridized carbons (Fsp3) is 0.350. The number of anilines is 1. The average molecular weight is 348 g/mol. The molecule has 126 valence electrons. The highest BCUT2D eigenvalue weighted by atomic mass is 32.2. The van der Waals surface area contributed by atoms with E-state index in [0.29, 0.717) is 6.54 Å². The van der Waals surface area contributed by atoms with E-state index in [9.17, 15) is 0 Å². The third-order valence-electron chi connectivity index (χ3n) is 5.20. The summed E-state index contributed by atoms with van der Waals surface area (Å²) in [6.45, 7) is 0.645. The molecule has 0 atom stereocenters. The Morgan fingerprint density at radius 1 is 0.920 bits per heavy atom. The van der Waals surface area contributed by atoms with E-state index in [1.165, 1.54) is 55.3 Å². The lowest BCUT2D eigenvalue weighted by atomic mass is 9.98.